The first-order chi connectivity index (χ1) is 36.0. The van der Waals surface area contributed by atoms with Crippen molar-refractivity contribution in [3.05, 3.63) is 48.6 Å². The van der Waals surface area contributed by atoms with Crippen molar-refractivity contribution in [3.63, 3.8) is 0 Å². The molecular weight excluding hydrogens is 901 g/mol. The summed E-state index contributed by atoms with van der Waals surface area (Å²) in [5, 5.41) is 0. The molecule has 0 aliphatic carbocycles. The van der Waals surface area contributed by atoms with Crippen LogP contribution in [0.15, 0.2) is 48.6 Å². The minimum absolute atomic E-state index is 0.0750. The molecular formula is C67H122O6. The van der Waals surface area contributed by atoms with E-state index in [9.17, 15) is 14.4 Å². The van der Waals surface area contributed by atoms with Gasteiger partial charge in [0.15, 0.2) is 6.10 Å². The van der Waals surface area contributed by atoms with Crippen molar-refractivity contribution >= 4 is 17.9 Å². The molecule has 426 valence electrons. The van der Waals surface area contributed by atoms with Crippen LogP contribution in [0.1, 0.15) is 342 Å². The average molecular weight is 1020 g/mol. The first-order valence-corrected chi connectivity index (χ1v) is 32.1. The summed E-state index contributed by atoms with van der Waals surface area (Å²) < 4.78 is 16.9. The second-order valence-corrected chi connectivity index (χ2v) is 21.7. The molecule has 0 heterocycles. The standard InChI is InChI=1S/C67H122O6/c1-4-7-10-13-16-19-22-24-26-28-30-31-32-33-34-35-37-38-40-42-45-48-51-54-57-60-66(69)72-63-64(62-71-65(68)59-56-53-50-47-44-21-18-15-12-9-6-3)73-67(70)61-58-55-52-49-46-43-41-39-36-29-27-25-23-20-17-14-11-8-5-2/h15,17-18,20,25,27-28,30,64H,4-14,16,19,21-24,26,29,31-63H2,1-3H3/b18-15-,20-17-,27-25-,30-28-. The minimum atomic E-state index is -0.778. The van der Waals surface area contributed by atoms with E-state index in [1.807, 2.05) is 0 Å². The predicted octanol–water partition coefficient (Wildman–Crippen LogP) is 21.8. The molecule has 0 aromatic heterocycles. The molecule has 73 heavy (non-hydrogen) atoms. The number of unbranched alkanes of at least 4 members (excludes halogenated alkanes) is 40. The van der Waals surface area contributed by atoms with Gasteiger partial charge in [-0.15, -0.1) is 0 Å². The molecule has 0 aliphatic heterocycles. The molecule has 0 fully saturated rings. The van der Waals surface area contributed by atoms with E-state index in [0.29, 0.717) is 19.3 Å². The molecule has 0 saturated heterocycles. The molecule has 0 bridgehead atoms. The van der Waals surface area contributed by atoms with Crippen LogP contribution in [-0.2, 0) is 28.6 Å². The van der Waals surface area contributed by atoms with Gasteiger partial charge in [-0.05, 0) is 96.3 Å². The van der Waals surface area contributed by atoms with Crippen LogP contribution in [0.5, 0.6) is 0 Å². The van der Waals surface area contributed by atoms with Gasteiger partial charge in [-0.3, -0.25) is 14.4 Å². The maximum atomic E-state index is 12.9. The Hall–Kier alpha value is -2.63. The van der Waals surface area contributed by atoms with Gasteiger partial charge in [-0.2, -0.15) is 0 Å². The van der Waals surface area contributed by atoms with Crippen LogP contribution in [0.4, 0.5) is 0 Å². The Morgan fingerprint density at radius 2 is 0.507 bits per heavy atom. The van der Waals surface area contributed by atoms with Gasteiger partial charge in [0.2, 0.25) is 0 Å². The molecule has 1 unspecified atom stereocenters. The number of esters is 3. The second-order valence-electron chi connectivity index (χ2n) is 21.7. The third-order valence-corrected chi connectivity index (χ3v) is 14.3. The Kier molecular flexibility index (Phi) is 59.7. The first kappa shape index (κ1) is 70.4. The number of carbonyl (C=O) groups is 3. The van der Waals surface area contributed by atoms with Crippen LogP contribution < -0.4 is 0 Å². The van der Waals surface area contributed by atoms with Crippen LogP contribution in [-0.4, -0.2) is 37.2 Å². The second kappa shape index (κ2) is 61.9. The highest BCUT2D eigenvalue weighted by Gasteiger charge is 2.19. The lowest BCUT2D eigenvalue weighted by molar-refractivity contribution is -0.167. The molecule has 0 radical (unpaired) electrons. The van der Waals surface area contributed by atoms with Crippen molar-refractivity contribution in [2.45, 2.75) is 348 Å². The lowest BCUT2D eigenvalue weighted by Crippen LogP contribution is -2.30. The number of rotatable bonds is 59. The van der Waals surface area contributed by atoms with Crippen molar-refractivity contribution in [1.29, 1.82) is 0 Å². The normalized spacial score (nSPS) is 12.3. The van der Waals surface area contributed by atoms with Crippen LogP contribution in [0, 0.1) is 0 Å². The summed E-state index contributed by atoms with van der Waals surface area (Å²) in [6.07, 6.45) is 77.0. The highest BCUT2D eigenvalue weighted by molar-refractivity contribution is 5.71. The molecule has 6 heteroatoms. The fourth-order valence-corrected chi connectivity index (χ4v) is 9.39. The lowest BCUT2D eigenvalue weighted by Gasteiger charge is -2.18. The van der Waals surface area contributed by atoms with Crippen molar-refractivity contribution in [2.24, 2.45) is 0 Å². The Morgan fingerprint density at radius 1 is 0.274 bits per heavy atom. The van der Waals surface area contributed by atoms with Crippen LogP contribution in [0.25, 0.3) is 0 Å². The van der Waals surface area contributed by atoms with Crippen molar-refractivity contribution in [1.82, 2.24) is 0 Å². The molecule has 0 aromatic rings. The molecule has 0 aromatic carbocycles. The van der Waals surface area contributed by atoms with Gasteiger partial charge in [0.05, 0.1) is 0 Å². The third kappa shape index (κ3) is 60.1. The summed E-state index contributed by atoms with van der Waals surface area (Å²) in [4.78, 5) is 38.2. The smallest absolute Gasteiger partial charge is 0.306 e. The van der Waals surface area contributed by atoms with Gasteiger partial charge < -0.3 is 14.2 Å². The average Bonchev–Trinajstić information content (AvgIpc) is 3.39. The molecule has 0 saturated carbocycles. The zero-order chi connectivity index (χ0) is 52.9. The molecule has 0 N–H and O–H groups in total. The zero-order valence-electron chi connectivity index (χ0n) is 48.9. The Balaban J connectivity index is 4.23. The van der Waals surface area contributed by atoms with E-state index < -0.39 is 6.10 Å². The summed E-state index contributed by atoms with van der Waals surface area (Å²) >= 11 is 0. The van der Waals surface area contributed by atoms with Crippen molar-refractivity contribution < 1.29 is 28.6 Å². The van der Waals surface area contributed by atoms with Gasteiger partial charge in [0.1, 0.15) is 13.2 Å². The van der Waals surface area contributed by atoms with E-state index in [-0.39, 0.29) is 31.1 Å². The molecule has 1 atom stereocenters. The number of hydrogen-bond acceptors (Lipinski definition) is 6. The summed E-state index contributed by atoms with van der Waals surface area (Å²) in [6, 6.07) is 0. The molecule has 0 aliphatic rings. The lowest BCUT2D eigenvalue weighted by atomic mass is 10.0. The van der Waals surface area contributed by atoms with E-state index >= 15 is 0 Å². The van der Waals surface area contributed by atoms with E-state index in [2.05, 4.69) is 69.4 Å². The Labute approximate surface area is 454 Å². The highest BCUT2D eigenvalue weighted by Crippen LogP contribution is 2.17. The maximum absolute atomic E-state index is 12.9. The summed E-state index contributed by atoms with van der Waals surface area (Å²) in [5.74, 6) is -0.872. The number of allylic oxidation sites excluding steroid dienone is 8. The van der Waals surface area contributed by atoms with Crippen LogP contribution in [0.3, 0.4) is 0 Å². The van der Waals surface area contributed by atoms with Crippen LogP contribution in [0.2, 0.25) is 0 Å². The summed E-state index contributed by atoms with van der Waals surface area (Å²) in [5.41, 5.74) is 0. The predicted molar refractivity (Wildman–Crippen MR) is 316 cm³/mol. The molecule has 0 spiro atoms. The van der Waals surface area contributed by atoms with Crippen LogP contribution >= 0.6 is 0 Å². The maximum Gasteiger partial charge on any atom is 0.306 e. The number of carbonyl (C=O) groups excluding carboxylic acids is 3. The molecule has 0 amide bonds. The number of hydrogen-bond donors (Lipinski definition) is 0. The fraction of sp³-hybridized carbons (Fsp3) is 0.836. The van der Waals surface area contributed by atoms with Gasteiger partial charge >= 0.3 is 17.9 Å². The van der Waals surface area contributed by atoms with Gasteiger partial charge in [0, 0.05) is 19.3 Å². The quantitative estimate of drug-likeness (QED) is 0.0261. The Bertz CT molecular complexity index is 1270. The number of ether oxygens (including phenoxy) is 3. The first-order valence-electron chi connectivity index (χ1n) is 32.1. The minimum Gasteiger partial charge on any atom is -0.462 e. The Morgan fingerprint density at radius 3 is 0.836 bits per heavy atom. The van der Waals surface area contributed by atoms with Crippen molar-refractivity contribution in [3.8, 4) is 0 Å². The summed E-state index contributed by atoms with van der Waals surface area (Å²) in [6.45, 7) is 6.61. The van der Waals surface area contributed by atoms with Gasteiger partial charge in [-0.25, -0.2) is 0 Å². The summed E-state index contributed by atoms with van der Waals surface area (Å²) in [7, 11) is 0. The molecule has 6 nitrogen and oxygen atoms in total. The topological polar surface area (TPSA) is 78.9 Å². The van der Waals surface area contributed by atoms with Gasteiger partial charge in [-0.1, -0.05) is 275 Å². The van der Waals surface area contributed by atoms with Crippen molar-refractivity contribution in [2.75, 3.05) is 13.2 Å². The largest absolute Gasteiger partial charge is 0.462 e. The molecule has 0 rings (SSSR count). The SMILES string of the molecule is CCCC/C=C\CCCCCCCC(=O)OCC(COC(=O)CCCCCCCCCCCCCCC/C=C\CCCCCCCCCC)OC(=O)CCCCCCCCCCC/C=C\C/C=C\CCCCC. The fourth-order valence-electron chi connectivity index (χ4n) is 9.39. The highest BCUT2D eigenvalue weighted by atomic mass is 16.6. The van der Waals surface area contributed by atoms with E-state index in [1.54, 1.807) is 0 Å². The van der Waals surface area contributed by atoms with Gasteiger partial charge in [0.25, 0.3) is 0 Å². The third-order valence-electron chi connectivity index (χ3n) is 14.3. The monoisotopic (exact) mass is 1020 g/mol. The van der Waals surface area contributed by atoms with E-state index in [0.717, 1.165) is 70.6 Å². The van der Waals surface area contributed by atoms with E-state index in [1.165, 1.54) is 231 Å². The zero-order valence-corrected chi connectivity index (χ0v) is 48.9. The van der Waals surface area contributed by atoms with E-state index in [4.69, 9.17) is 14.2 Å².